The first-order valence-corrected chi connectivity index (χ1v) is 7.28. The molecule has 0 aromatic heterocycles. The number of aryl methyl sites for hydroxylation is 1. The van der Waals surface area contributed by atoms with Gasteiger partial charge in [-0.25, -0.2) is 19.2 Å². The summed E-state index contributed by atoms with van der Waals surface area (Å²) in [5.74, 6) is -7.02. The van der Waals surface area contributed by atoms with Crippen LogP contribution in [0.5, 0.6) is 0 Å². The molecule has 0 bridgehead atoms. The lowest BCUT2D eigenvalue weighted by Gasteiger charge is -2.17. The standard InChI is InChI=1S/C18H14O8/c1-7-4-3-5-9(8(7)2)10-6-11(15(19)20)13(17(23)24)14(18(25)26)12(10)16(21)22/h3-6H,1-2H3,(H,19,20)(H,21,22)(H,23,24)(H,25,26). The summed E-state index contributed by atoms with van der Waals surface area (Å²) in [4.78, 5) is 46.4. The van der Waals surface area contributed by atoms with Gasteiger partial charge in [0.05, 0.1) is 22.3 Å². The Balaban J connectivity index is 3.13. The van der Waals surface area contributed by atoms with Gasteiger partial charge in [0.25, 0.3) is 0 Å². The van der Waals surface area contributed by atoms with Gasteiger partial charge in [0.15, 0.2) is 0 Å². The van der Waals surface area contributed by atoms with E-state index in [1.165, 1.54) is 6.07 Å². The third-order valence-electron chi connectivity index (χ3n) is 4.09. The molecule has 0 unspecified atom stereocenters. The van der Waals surface area contributed by atoms with Crippen LogP contribution < -0.4 is 0 Å². The largest absolute Gasteiger partial charge is 0.478 e. The fraction of sp³-hybridized carbons (Fsp3) is 0.111. The normalized spacial score (nSPS) is 10.4. The first-order valence-electron chi connectivity index (χ1n) is 7.28. The molecule has 2 aromatic carbocycles. The fourth-order valence-electron chi connectivity index (χ4n) is 2.77. The zero-order valence-corrected chi connectivity index (χ0v) is 13.7. The molecule has 8 heteroatoms. The molecule has 0 atom stereocenters. The van der Waals surface area contributed by atoms with Crippen LogP contribution in [0.2, 0.25) is 0 Å². The van der Waals surface area contributed by atoms with E-state index in [4.69, 9.17) is 0 Å². The first kappa shape index (κ1) is 18.7. The lowest BCUT2D eigenvalue weighted by atomic mass is 9.86. The van der Waals surface area contributed by atoms with Crippen molar-refractivity contribution in [2.45, 2.75) is 13.8 Å². The molecule has 2 rings (SSSR count). The molecule has 0 aliphatic carbocycles. The van der Waals surface area contributed by atoms with E-state index in [0.717, 1.165) is 11.6 Å². The van der Waals surface area contributed by atoms with E-state index in [1.807, 2.05) is 0 Å². The highest BCUT2D eigenvalue weighted by atomic mass is 16.4. The number of rotatable bonds is 5. The van der Waals surface area contributed by atoms with Gasteiger partial charge in [0.1, 0.15) is 0 Å². The Morgan fingerprint density at radius 3 is 1.69 bits per heavy atom. The number of carbonyl (C=O) groups is 4. The lowest BCUT2D eigenvalue weighted by Crippen LogP contribution is -2.20. The van der Waals surface area contributed by atoms with E-state index < -0.39 is 46.1 Å². The molecule has 0 heterocycles. The smallest absolute Gasteiger partial charge is 0.337 e. The second-order valence-electron chi connectivity index (χ2n) is 5.56. The molecule has 0 radical (unpaired) electrons. The Hall–Kier alpha value is -3.68. The second-order valence-corrected chi connectivity index (χ2v) is 5.56. The summed E-state index contributed by atoms with van der Waals surface area (Å²) in [6, 6.07) is 5.77. The van der Waals surface area contributed by atoms with Gasteiger partial charge < -0.3 is 20.4 Å². The minimum atomic E-state index is -1.84. The molecule has 0 spiro atoms. The van der Waals surface area contributed by atoms with Crippen molar-refractivity contribution >= 4 is 23.9 Å². The van der Waals surface area contributed by atoms with Crippen molar-refractivity contribution in [3.63, 3.8) is 0 Å². The summed E-state index contributed by atoms with van der Waals surface area (Å²) < 4.78 is 0. The lowest BCUT2D eigenvalue weighted by molar-refractivity contribution is 0.0620. The number of carboxylic acid groups (broad SMARTS) is 4. The molecule has 0 fully saturated rings. The Morgan fingerprint density at radius 1 is 0.692 bits per heavy atom. The Morgan fingerprint density at radius 2 is 1.23 bits per heavy atom. The van der Waals surface area contributed by atoms with Gasteiger partial charge >= 0.3 is 23.9 Å². The summed E-state index contributed by atoms with van der Waals surface area (Å²) in [5, 5.41) is 37.6. The molecule has 0 aliphatic rings. The van der Waals surface area contributed by atoms with Crippen LogP contribution in [0, 0.1) is 13.8 Å². The van der Waals surface area contributed by atoms with Crippen LogP contribution in [0.4, 0.5) is 0 Å². The fourth-order valence-corrected chi connectivity index (χ4v) is 2.77. The third-order valence-corrected chi connectivity index (χ3v) is 4.09. The number of hydrogen-bond donors (Lipinski definition) is 4. The van der Waals surface area contributed by atoms with Gasteiger partial charge in [0.2, 0.25) is 0 Å². The monoisotopic (exact) mass is 358 g/mol. The highest BCUT2D eigenvalue weighted by molar-refractivity contribution is 6.16. The summed E-state index contributed by atoms with van der Waals surface area (Å²) in [6.45, 7) is 3.42. The molecule has 0 aliphatic heterocycles. The molecule has 26 heavy (non-hydrogen) atoms. The van der Waals surface area contributed by atoms with Crippen LogP contribution >= 0.6 is 0 Å². The van der Waals surface area contributed by atoms with Gasteiger partial charge in [-0.15, -0.1) is 0 Å². The summed E-state index contributed by atoms with van der Waals surface area (Å²) in [7, 11) is 0. The number of hydrogen-bond acceptors (Lipinski definition) is 4. The van der Waals surface area contributed by atoms with Crippen molar-refractivity contribution in [3.8, 4) is 11.1 Å². The average molecular weight is 358 g/mol. The molecule has 4 N–H and O–H groups in total. The molecule has 8 nitrogen and oxygen atoms in total. The molecular weight excluding hydrogens is 344 g/mol. The van der Waals surface area contributed by atoms with Crippen molar-refractivity contribution in [3.05, 3.63) is 57.6 Å². The summed E-state index contributed by atoms with van der Waals surface area (Å²) in [6.07, 6.45) is 0. The second kappa shape index (κ2) is 6.67. The predicted octanol–water partition coefficient (Wildman–Crippen LogP) is 2.76. The van der Waals surface area contributed by atoms with E-state index in [-0.39, 0.29) is 5.56 Å². The van der Waals surface area contributed by atoms with Crippen LogP contribution in [-0.4, -0.2) is 44.3 Å². The van der Waals surface area contributed by atoms with E-state index in [0.29, 0.717) is 11.1 Å². The average Bonchev–Trinajstić information content (AvgIpc) is 2.54. The minimum Gasteiger partial charge on any atom is -0.478 e. The molecule has 0 saturated heterocycles. The highest BCUT2D eigenvalue weighted by Crippen LogP contribution is 2.34. The van der Waals surface area contributed by atoms with Gasteiger partial charge in [0, 0.05) is 0 Å². The maximum atomic E-state index is 11.8. The Labute approximate surface area is 147 Å². The zero-order chi connectivity index (χ0) is 19.8. The third kappa shape index (κ3) is 3.00. The van der Waals surface area contributed by atoms with Crippen molar-refractivity contribution < 1.29 is 39.6 Å². The van der Waals surface area contributed by atoms with Crippen molar-refractivity contribution in [1.82, 2.24) is 0 Å². The van der Waals surface area contributed by atoms with E-state index in [1.54, 1.807) is 26.0 Å². The van der Waals surface area contributed by atoms with Crippen molar-refractivity contribution in [2.24, 2.45) is 0 Å². The topological polar surface area (TPSA) is 149 Å². The van der Waals surface area contributed by atoms with Gasteiger partial charge in [-0.3, -0.25) is 0 Å². The number of benzene rings is 2. The highest BCUT2D eigenvalue weighted by Gasteiger charge is 2.33. The SMILES string of the molecule is Cc1cccc(-c2cc(C(=O)O)c(C(=O)O)c(C(=O)O)c2C(=O)O)c1C. The Bertz CT molecular complexity index is 972. The van der Waals surface area contributed by atoms with E-state index in [2.05, 4.69) is 0 Å². The van der Waals surface area contributed by atoms with Crippen LogP contribution in [0.15, 0.2) is 24.3 Å². The molecule has 2 aromatic rings. The Kier molecular flexibility index (Phi) is 4.79. The number of carboxylic acids is 4. The van der Waals surface area contributed by atoms with Crippen molar-refractivity contribution in [1.29, 1.82) is 0 Å². The van der Waals surface area contributed by atoms with Crippen molar-refractivity contribution in [2.75, 3.05) is 0 Å². The van der Waals surface area contributed by atoms with Crippen LogP contribution in [0.1, 0.15) is 52.6 Å². The van der Waals surface area contributed by atoms with Gasteiger partial charge in [-0.05, 0) is 42.2 Å². The van der Waals surface area contributed by atoms with E-state index in [9.17, 15) is 39.6 Å². The predicted molar refractivity (Wildman–Crippen MR) is 89.2 cm³/mol. The maximum Gasteiger partial charge on any atom is 0.337 e. The van der Waals surface area contributed by atoms with Crippen LogP contribution in [0.25, 0.3) is 11.1 Å². The summed E-state index contributed by atoms with van der Waals surface area (Å²) in [5.41, 5.74) is -2.18. The van der Waals surface area contributed by atoms with Gasteiger partial charge in [-0.1, -0.05) is 18.2 Å². The number of aromatic carboxylic acids is 4. The van der Waals surface area contributed by atoms with Crippen LogP contribution in [0.3, 0.4) is 0 Å². The summed E-state index contributed by atoms with van der Waals surface area (Å²) >= 11 is 0. The first-order chi connectivity index (χ1) is 12.1. The van der Waals surface area contributed by atoms with Gasteiger partial charge in [-0.2, -0.15) is 0 Å². The van der Waals surface area contributed by atoms with E-state index >= 15 is 0 Å². The molecule has 0 saturated carbocycles. The minimum absolute atomic E-state index is 0.168. The quantitative estimate of drug-likeness (QED) is 0.637. The zero-order valence-electron chi connectivity index (χ0n) is 13.7. The molecule has 0 amide bonds. The molecular formula is C18H14O8. The molecule has 134 valence electrons. The maximum absolute atomic E-state index is 11.8. The van der Waals surface area contributed by atoms with Crippen LogP contribution in [-0.2, 0) is 0 Å².